The molecule has 0 N–H and O–H groups in total. The molecule has 0 aromatic heterocycles. The Labute approximate surface area is 144 Å². The minimum atomic E-state index is 0.334. The summed E-state index contributed by atoms with van der Waals surface area (Å²) in [7, 11) is 0. The van der Waals surface area contributed by atoms with E-state index in [4.69, 9.17) is 4.74 Å². The molecular formula is C22H38O. The Morgan fingerprint density at radius 1 is 0.696 bits per heavy atom. The molecule has 1 heteroatoms. The molecule has 0 radical (unpaired) electrons. The number of rotatable bonds is 15. The quantitative estimate of drug-likeness (QED) is 0.303. The molecule has 0 aliphatic carbocycles. The molecule has 1 unspecified atom stereocenters. The van der Waals surface area contributed by atoms with E-state index >= 15 is 0 Å². The molecule has 0 bridgehead atoms. The molecule has 1 aromatic carbocycles. The Morgan fingerprint density at radius 3 is 1.70 bits per heavy atom. The monoisotopic (exact) mass is 318 g/mol. The Hall–Kier alpha value is -0.980. The largest absolute Gasteiger partial charge is 0.491 e. The first-order valence-corrected chi connectivity index (χ1v) is 10.0. The smallest absolute Gasteiger partial charge is 0.119 e. The SMILES string of the molecule is CCCCCCCCCCCCCCC(C)Oc1ccccc1. The molecule has 23 heavy (non-hydrogen) atoms. The minimum Gasteiger partial charge on any atom is -0.491 e. The molecule has 0 aliphatic rings. The first-order chi connectivity index (χ1) is 11.3. The highest BCUT2D eigenvalue weighted by Crippen LogP contribution is 2.16. The van der Waals surface area contributed by atoms with Crippen LogP contribution in [-0.4, -0.2) is 6.10 Å². The summed E-state index contributed by atoms with van der Waals surface area (Å²) >= 11 is 0. The Morgan fingerprint density at radius 2 is 1.17 bits per heavy atom. The zero-order chi connectivity index (χ0) is 16.6. The van der Waals surface area contributed by atoms with E-state index in [1.54, 1.807) is 0 Å². The van der Waals surface area contributed by atoms with Gasteiger partial charge in [0.2, 0.25) is 0 Å². The van der Waals surface area contributed by atoms with Crippen LogP contribution in [0.5, 0.6) is 5.75 Å². The number of hydrogen-bond acceptors (Lipinski definition) is 1. The number of para-hydroxylation sites is 1. The molecule has 0 saturated carbocycles. The zero-order valence-corrected chi connectivity index (χ0v) is 15.6. The molecule has 0 fully saturated rings. The molecule has 1 nitrogen and oxygen atoms in total. The van der Waals surface area contributed by atoms with Gasteiger partial charge in [0.15, 0.2) is 0 Å². The number of unbranched alkanes of at least 4 members (excludes halogenated alkanes) is 11. The van der Waals surface area contributed by atoms with Crippen molar-refractivity contribution in [3.8, 4) is 5.75 Å². The maximum Gasteiger partial charge on any atom is 0.119 e. The highest BCUT2D eigenvalue weighted by atomic mass is 16.5. The van der Waals surface area contributed by atoms with Crippen molar-refractivity contribution in [3.05, 3.63) is 30.3 Å². The molecule has 0 heterocycles. The summed E-state index contributed by atoms with van der Waals surface area (Å²) in [4.78, 5) is 0. The standard InChI is InChI=1S/C22H38O/c1-3-4-5-6-7-8-9-10-11-12-13-15-18-21(2)23-22-19-16-14-17-20-22/h14,16-17,19-21H,3-13,15,18H2,1-2H3. The second-order valence-corrected chi connectivity index (χ2v) is 6.92. The van der Waals surface area contributed by atoms with Gasteiger partial charge in [0.25, 0.3) is 0 Å². The molecule has 1 aromatic rings. The molecule has 1 atom stereocenters. The topological polar surface area (TPSA) is 9.23 Å². The van der Waals surface area contributed by atoms with Crippen LogP contribution in [0.3, 0.4) is 0 Å². The van der Waals surface area contributed by atoms with Gasteiger partial charge in [-0.25, -0.2) is 0 Å². The normalized spacial score (nSPS) is 12.3. The van der Waals surface area contributed by atoms with Gasteiger partial charge in [0.1, 0.15) is 5.75 Å². The number of benzene rings is 1. The molecule has 132 valence electrons. The van der Waals surface area contributed by atoms with Crippen LogP contribution in [-0.2, 0) is 0 Å². The van der Waals surface area contributed by atoms with Crippen molar-refractivity contribution < 1.29 is 4.74 Å². The van der Waals surface area contributed by atoms with Gasteiger partial charge in [0.05, 0.1) is 6.10 Å². The van der Waals surface area contributed by atoms with Crippen LogP contribution < -0.4 is 4.74 Å². The third-order valence-electron chi connectivity index (χ3n) is 4.54. The summed E-state index contributed by atoms with van der Waals surface area (Å²) in [6, 6.07) is 10.2. The molecular weight excluding hydrogens is 280 g/mol. The Balaban J connectivity index is 1.82. The van der Waals surface area contributed by atoms with Crippen LogP contribution >= 0.6 is 0 Å². The fraction of sp³-hybridized carbons (Fsp3) is 0.727. The first-order valence-electron chi connectivity index (χ1n) is 10.0. The van der Waals surface area contributed by atoms with Gasteiger partial charge in [-0.15, -0.1) is 0 Å². The maximum absolute atomic E-state index is 5.91. The van der Waals surface area contributed by atoms with Gasteiger partial charge in [-0.1, -0.05) is 95.8 Å². The number of hydrogen-bond donors (Lipinski definition) is 0. The van der Waals surface area contributed by atoms with Gasteiger partial charge in [-0.2, -0.15) is 0 Å². The molecule has 0 spiro atoms. The van der Waals surface area contributed by atoms with Crippen molar-refractivity contribution in [3.63, 3.8) is 0 Å². The highest BCUT2D eigenvalue weighted by Gasteiger charge is 2.03. The van der Waals surface area contributed by atoms with E-state index in [9.17, 15) is 0 Å². The summed E-state index contributed by atoms with van der Waals surface area (Å²) in [5.41, 5.74) is 0. The van der Waals surface area contributed by atoms with Gasteiger partial charge in [-0.3, -0.25) is 0 Å². The molecule has 1 rings (SSSR count). The predicted molar refractivity (Wildman–Crippen MR) is 102 cm³/mol. The van der Waals surface area contributed by atoms with Gasteiger partial charge in [0, 0.05) is 0 Å². The van der Waals surface area contributed by atoms with Gasteiger partial charge < -0.3 is 4.74 Å². The van der Waals surface area contributed by atoms with Crippen LogP contribution in [0, 0.1) is 0 Å². The highest BCUT2D eigenvalue weighted by molar-refractivity contribution is 5.21. The van der Waals surface area contributed by atoms with E-state index in [0.717, 1.165) is 5.75 Å². The average molecular weight is 319 g/mol. The fourth-order valence-corrected chi connectivity index (χ4v) is 3.06. The van der Waals surface area contributed by atoms with Crippen LogP contribution in [0.1, 0.15) is 97.3 Å². The summed E-state index contributed by atoms with van der Waals surface area (Å²) < 4.78 is 5.91. The second-order valence-electron chi connectivity index (χ2n) is 6.92. The van der Waals surface area contributed by atoms with E-state index in [1.165, 1.54) is 83.5 Å². The molecule has 0 aliphatic heterocycles. The third kappa shape index (κ3) is 12.1. The zero-order valence-electron chi connectivity index (χ0n) is 15.6. The lowest BCUT2D eigenvalue weighted by Crippen LogP contribution is -2.11. The lowest BCUT2D eigenvalue weighted by molar-refractivity contribution is 0.206. The van der Waals surface area contributed by atoms with Crippen molar-refractivity contribution in [2.75, 3.05) is 0 Å². The minimum absolute atomic E-state index is 0.334. The molecule has 0 saturated heterocycles. The summed E-state index contributed by atoms with van der Waals surface area (Å²) in [6.07, 6.45) is 18.4. The van der Waals surface area contributed by atoms with E-state index in [0.29, 0.717) is 6.10 Å². The van der Waals surface area contributed by atoms with Crippen molar-refractivity contribution in [1.82, 2.24) is 0 Å². The predicted octanol–water partition coefficient (Wildman–Crippen LogP) is 7.55. The van der Waals surface area contributed by atoms with Crippen molar-refractivity contribution >= 4 is 0 Å². The van der Waals surface area contributed by atoms with E-state index < -0.39 is 0 Å². The fourth-order valence-electron chi connectivity index (χ4n) is 3.06. The van der Waals surface area contributed by atoms with Crippen LogP contribution in [0.15, 0.2) is 30.3 Å². The maximum atomic E-state index is 5.91. The Kier molecular flexibility index (Phi) is 12.7. The van der Waals surface area contributed by atoms with Gasteiger partial charge >= 0.3 is 0 Å². The van der Waals surface area contributed by atoms with Crippen LogP contribution in [0.25, 0.3) is 0 Å². The number of ether oxygens (including phenoxy) is 1. The van der Waals surface area contributed by atoms with Gasteiger partial charge in [-0.05, 0) is 31.9 Å². The van der Waals surface area contributed by atoms with Crippen molar-refractivity contribution in [2.24, 2.45) is 0 Å². The van der Waals surface area contributed by atoms with Crippen molar-refractivity contribution in [2.45, 2.75) is 103 Å². The third-order valence-corrected chi connectivity index (χ3v) is 4.54. The van der Waals surface area contributed by atoms with E-state index in [-0.39, 0.29) is 0 Å². The van der Waals surface area contributed by atoms with E-state index in [1.807, 2.05) is 30.3 Å². The Bertz CT molecular complexity index is 346. The van der Waals surface area contributed by atoms with E-state index in [2.05, 4.69) is 13.8 Å². The lowest BCUT2D eigenvalue weighted by atomic mass is 10.0. The van der Waals surface area contributed by atoms with Crippen LogP contribution in [0.2, 0.25) is 0 Å². The summed E-state index contributed by atoms with van der Waals surface area (Å²) in [6.45, 7) is 4.47. The second kappa shape index (κ2) is 14.6. The first kappa shape index (κ1) is 20.1. The molecule has 0 amide bonds. The van der Waals surface area contributed by atoms with Crippen LogP contribution in [0.4, 0.5) is 0 Å². The summed E-state index contributed by atoms with van der Waals surface area (Å²) in [5.74, 6) is 0.999. The van der Waals surface area contributed by atoms with Crippen molar-refractivity contribution in [1.29, 1.82) is 0 Å². The summed E-state index contributed by atoms with van der Waals surface area (Å²) in [5, 5.41) is 0. The lowest BCUT2D eigenvalue weighted by Gasteiger charge is -2.14. The average Bonchev–Trinajstić information content (AvgIpc) is 2.57.